The monoisotopic (exact) mass is 234 g/mol. The summed E-state index contributed by atoms with van der Waals surface area (Å²) in [5.41, 5.74) is 8.94. The minimum Gasteiger partial charge on any atom is -0.328 e. The third-order valence-corrected chi connectivity index (χ3v) is 2.85. The van der Waals surface area contributed by atoms with Crippen molar-refractivity contribution in [2.75, 3.05) is 5.32 Å². The van der Waals surface area contributed by atoms with Crippen LogP contribution in [0.15, 0.2) is 18.2 Å². The number of nitrogens with two attached hydrogens (primary N) is 1. The Morgan fingerprint density at radius 1 is 1.35 bits per heavy atom. The van der Waals surface area contributed by atoms with Crippen LogP contribution in [0.1, 0.15) is 37.3 Å². The highest BCUT2D eigenvalue weighted by molar-refractivity contribution is 5.90. The summed E-state index contributed by atoms with van der Waals surface area (Å²) in [6, 6.07) is 6.13. The molecule has 17 heavy (non-hydrogen) atoms. The Labute approximate surface area is 103 Å². The predicted octanol–water partition coefficient (Wildman–Crippen LogP) is 2.76. The minimum absolute atomic E-state index is 0.0638. The Morgan fingerprint density at radius 2 is 2.06 bits per heavy atom. The summed E-state index contributed by atoms with van der Waals surface area (Å²) in [5, 5.41) is 2.90. The largest absolute Gasteiger partial charge is 0.328 e. The number of hydrogen-bond acceptors (Lipinski definition) is 2. The number of carbonyl (C=O) groups is 1. The van der Waals surface area contributed by atoms with E-state index in [0.717, 1.165) is 18.5 Å². The number of nitrogens with one attached hydrogen (secondary N) is 1. The molecule has 0 fully saturated rings. The maximum Gasteiger partial charge on any atom is 0.224 e. The molecule has 1 amide bonds. The first-order valence-electron chi connectivity index (χ1n) is 6.11. The van der Waals surface area contributed by atoms with Gasteiger partial charge in [0.15, 0.2) is 0 Å². The van der Waals surface area contributed by atoms with Gasteiger partial charge in [0.25, 0.3) is 0 Å². The molecule has 0 aromatic heterocycles. The van der Waals surface area contributed by atoms with Gasteiger partial charge in [0.2, 0.25) is 5.91 Å². The Bertz CT molecular complexity index is 386. The van der Waals surface area contributed by atoms with E-state index in [1.807, 2.05) is 32.0 Å². The third-order valence-electron chi connectivity index (χ3n) is 2.85. The first-order chi connectivity index (χ1) is 7.99. The van der Waals surface area contributed by atoms with Crippen molar-refractivity contribution in [3.05, 3.63) is 29.3 Å². The third kappa shape index (κ3) is 5.00. The lowest BCUT2D eigenvalue weighted by Crippen LogP contribution is -2.16. The molecule has 0 bridgehead atoms. The average Bonchev–Trinajstić information content (AvgIpc) is 2.23. The topological polar surface area (TPSA) is 55.1 Å². The van der Waals surface area contributed by atoms with Gasteiger partial charge in [-0.15, -0.1) is 0 Å². The fourth-order valence-electron chi connectivity index (χ4n) is 1.63. The maximum atomic E-state index is 11.6. The van der Waals surface area contributed by atoms with Crippen LogP contribution in [0.4, 0.5) is 5.69 Å². The Morgan fingerprint density at radius 3 is 2.65 bits per heavy atom. The molecule has 1 aromatic rings. The zero-order chi connectivity index (χ0) is 12.8. The number of amides is 1. The molecule has 0 radical (unpaired) electrons. The molecule has 0 saturated heterocycles. The van der Waals surface area contributed by atoms with Gasteiger partial charge in [0.1, 0.15) is 0 Å². The molecule has 1 atom stereocenters. The van der Waals surface area contributed by atoms with Gasteiger partial charge >= 0.3 is 0 Å². The van der Waals surface area contributed by atoms with E-state index in [2.05, 4.69) is 12.2 Å². The van der Waals surface area contributed by atoms with Crippen LogP contribution in [0, 0.1) is 13.8 Å². The number of aryl methyl sites for hydroxylation is 2. The normalized spacial score (nSPS) is 12.2. The van der Waals surface area contributed by atoms with Gasteiger partial charge in [-0.05, 0) is 56.9 Å². The van der Waals surface area contributed by atoms with Crippen molar-refractivity contribution >= 4 is 11.6 Å². The first kappa shape index (κ1) is 13.7. The summed E-state index contributed by atoms with van der Waals surface area (Å²) in [6.07, 6.45) is 2.27. The number of hydrogen-bond donors (Lipinski definition) is 2. The highest BCUT2D eigenvalue weighted by Crippen LogP contribution is 2.14. The molecule has 0 heterocycles. The van der Waals surface area contributed by atoms with Gasteiger partial charge in [0.05, 0.1) is 0 Å². The van der Waals surface area contributed by atoms with Crippen LogP contribution in [-0.4, -0.2) is 11.9 Å². The van der Waals surface area contributed by atoms with Crippen LogP contribution >= 0.6 is 0 Å². The maximum absolute atomic E-state index is 11.6. The van der Waals surface area contributed by atoms with E-state index in [9.17, 15) is 4.79 Å². The molecule has 0 spiro atoms. The zero-order valence-corrected chi connectivity index (χ0v) is 10.9. The molecule has 0 aliphatic carbocycles. The van der Waals surface area contributed by atoms with E-state index in [1.54, 1.807) is 0 Å². The summed E-state index contributed by atoms with van der Waals surface area (Å²) in [7, 11) is 0. The molecule has 0 aliphatic heterocycles. The minimum atomic E-state index is 0.0638. The second kappa shape index (κ2) is 6.40. The van der Waals surface area contributed by atoms with Gasteiger partial charge < -0.3 is 11.1 Å². The van der Waals surface area contributed by atoms with Crippen molar-refractivity contribution in [1.29, 1.82) is 0 Å². The highest BCUT2D eigenvalue weighted by Gasteiger charge is 2.04. The molecule has 0 saturated carbocycles. The summed E-state index contributed by atoms with van der Waals surface area (Å²) >= 11 is 0. The number of carbonyl (C=O) groups excluding carboxylic acids is 1. The molecular weight excluding hydrogens is 212 g/mol. The first-order valence-corrected chi connectivity index (χ1v) is 6.11. The lowest BCUT2D eigenvalue weighted by atomic mass is 10.1. The van der Waals surface area contributed by atoms with Gasteiger partial charge in [0, 0.05) is 18.2 Å². The SMILES string of the molecule is Cc1ccc(NC(=O)CCCC(C)N)cc1C. The molecule has 3 N–H and O–H groups in total. The molecular formula is C14H22N2O. The summed E-state index contributed by atoms with van der Waals surface area (Å²) in [5.74, 6) is 0.0638. The van der Waals surface area contributed by atoms with Gasteiger partial charge in [-0.25, -0.2) is 0 Å². The van der Waals surface area contributed by atoms with Crippen LogP contribution in [-0.2, 0) is 4.79 Å². The number of anilines is 1. The van der Waals surface area contributed by atoms with E-state index >= 15 is 0 Å². The van der Waals surface area contributed by atoms with Crippen LogP contribution in [0.3, 0.4) is 0 Å². The zero-order valence-electron chi connectivity index (χ0n) is 10.9. The highest BCUT2D eigenvalue weighted by atomic mass is 16.1. The van der Waals surface area contributed by atoms with Crippen molar-refractivity contribution in [2.45, 2.75) is 46.1 Å². The van der Waals surface area contributed by atoms with Crippen molar-refractivity contribution in [1.82, 2.24) is 0 Å². The fourth-order valence-corrected chi connectivity index (χ4v) is 1.63. The molecule has 1 aromatic carbocycles. The lowest BCUT2D eigenvalue weighted by molar-refractivity contribution is -0.116. The van der Waals surface area contributed by atoms with Crippen LogP contribution in [0.25, 0.3) is 0 Å². The van der Waals surface area contributed by atoms with E-state index in [1.165, 1.54) is 11.1 Å². The molecule has 3 heteroatoms. The van der Waals surface area contributed by atoms with Gasteiger partial charge in [-0.1, -0.05) is 6.07 Å². The molecule has 1 unspecified atom stereocenters. The smallest absolute Gasteiger partial charge is 0.224 e. The fraction of sp³-hybridized carbons (Fsp3) is 0.500. The number of rotatable bonds is 5. The molecule has 1 rings (SSSR count). The van der Waals surface area contributed by atoms with Crippen LogP contribution in [0.2, 0.25) is 0 Å². The summed E-state index contributed by atoms with van der Waals surface area (Å²) in [6.45, 7) is 6.06. The van der Waals surface area contributed by atoms with Gasteiger partial charge in [-0.3, -0.25) is 4.79 Å². The quantitative estimate of drug-likeness (QED) is 0.823. The summed E-state index contributed by atoms with van der Waals surface area (Å²) in [4.78, 5) is 11.6. The number of benzene rings is 1. The van der Waals surface area contributed by atoms with E-state index < -0.39 is 0 Å². The summed E-state index contributed by atoms with van der Waals surface area (Å²) < 4.78 is 0. The molecule has 94 valence electrons. The Balaban J connectivity index is 2.42. The second-order valence-electron chi connectivity index (χ2n) is 4.72. The Kier molecular flexibility index (Phi) is 5.16. The Hall–Kier alpha value is -1.35. The predicted molar refractivity (Wildman–Crippen MR) is 72.0 cm³/mol. The lowest BCUT2D eigenvalue weighted by Gasteiger charge is -2.08. The van der Waals surface area contributed by atoms with Crippen molar-refractivity contribution in [2.24, 2.45) is 5.73 Å². The van der Waals surface area contributed by atoms with Gasteiger partial charge in [-0.2, -0.15) is 0 Å². The van der Waals surface area contributed by atoms with Crippen molar-refractivity contribution < 1.29 is 4.79 Å². The standard InChI is InChI=1S/C14H22N2O/c1-10-7-8-13(9-11(10)2)16-14(17)6-4-5-12(3)15/h7-9,12H,4-6,15H2,1-3H3,(H,16,17). The van der Waals surface area contributed by atoms with E-state index in [4.69, 9.17) is 5.73 Å². The van der Waals surface area contributed by atoms with Crippen molar-refractivity contribution in [3.8, 4) is 0 Å². The van der Waals surface area contributed by atoms with Crippen LogP contribution < -0.4 is 11.1 Å². The second-order valence-corrected chi connectivity index (χ2v) is 4.72. The van der Waals surface area contributed by atoms with Crippen molar-refractivity contribution in [3.63, 3.8) is 0 Å². The van der Waals surface area contributed by atoms with E-state index in [-0.39, 0.29) is 11.9 Å². The van der Waals surface area contributed by atoms with E-state index in [0.29, 0.717) is 6.42 Å². The average molecular weight is 234 g/mol. The molecule has 3 nitrogen and oxygen atoms in total. The van der Waals surface area contributed by atoms with Crippen LogP contribution in [0.5, 0.6) is 0 Å². The molecule has 0 aliphatic rings.